The highest BCUT2D eigenvalue weighted by molar-refractivity contribution is 9.09. The minimum absolute atomic E-state index is 0.101. The van der Waals surface area contributed by atoms with E-state index in [0.717, 1.165) is 0 Å². The van der Waals surface area contributed by atoms with E-state index in [1.807, 2.05) is 30.3 Å². The zero-order valence-corrected chi connectivity index (χ0v) is 25.6. The summed E-state index contributed by atoms with van der Waals surface area (Å²) < 4.78 is 4.70. The van der Waals surface area contributed by atoms with Crippen molar-refractivity contribution < 1.29 is 24.2 Å². The van der Waals surface area contributed by atoms with Gasteiger partial charge in [0.1, 0.15) is 6.04 Å². The van der Waals surface area contributed by atoms with Crippen molar-refractivity contribution in [3.63, 3.8) is 0 Å². The van der Waals surface area contributed by atoms with Crippen LogP contribution >= 0.6 is 39.3 Å². The number of carbonyl (C=O) groups is 3. The van der Waals surface area contributed by atoms with Crippen molar-refractivity contribution in [2.24, 2.45) is 11.8 Å². The summed E-state index contributed by atoms with van der Waals surface area (Å²) in [5, 5.41) is 11.0. The van der Waals surface area contributed by atoms with Gasteiger partial charge in [0.15, 0.2) is 0 Å². The lowest BCUT2D eigenvalue weighted by molar-refractivity contribution is -0.154. The summed E-state index contributed by atoms with van der Waals surface area (Å²) in [7, 11) is 0. The molecule has 0 aromatic heterocycles. The van der Waals surface area contributed by atoms with Crippen molar-refractivity contribution in [1.29, 1.82) is 0 Å². The number of hydrogen-bond donors (Lipinski definition) is 1. The molecular weight excluding hydrogens is 628 g/mol. The molecule has 3 aliphatic rings. The lowest BCUT2D eigenvalue weighted by Gasteiger charge is -2.40. The number of halogens is 2. The maximum atomic E-state index is 14.8. The van der Waals surface area contributed by atoms with Gasteiger partial charge in [-0.1, -0.05) is 70.0 Å². The Hall–Kier alpha value is -2.59. The quantitative estimate of drug-likeness (QED) is 0.155. The van der Waals surface area contributed by atoms with Crippen LogP contribution in [-0.4, -0.2) is 68.4 Å². The third kappa shape index (κ3) is 5.15. The van der Waals surface area contributed by atoms with Gasteiger partial charge < -0.3 is 19.6 Å². The zero-order valence-electron chi connectivity index (χ0n) is 22.4. The molecule has 10 heteroatoms. The highest BCUT2D eigenvalue weighted by Gasteiger charge is 2.76. The van der Waals surface area contributed by atoms with Crippen LogP contribution in [0.2, 0.25) is 5.02 Å². The first-order valence-electron chi connectivity index (χ1n) is 13.5. The van der Waals surface area contributed by atoms with Gasteiger partial charge in [0.25, 0.3) is 5.91 Å². The second-order valence-corrected chi connectivity index (χ2v) is 13.6. The Bertz CT molecular complexity index is 1330. The number of carbonyl (C=O) groups excluding carboxylic acids is 3. The molecule has 0 radical (unpaired) electrons. The Kier molecular flexibility index (Phi) is 8.99. The van der Waals surface area contributed by atoms with Crippen LogP contribution in [0.25, 0.3) is 0 Å². The fourth-order valence-electron chi connectivity index (χ4n) is 6.54. The highest BCUT2D eigenvalue weighted by atomic mass is 79.9. The number of nitrogens with zero attached hydrogens (tertiary/aromatic N) is 2. The SMILES string of the molecule is C=CCCOC(=O)[C@H]1[C@H]2C(=O)N([C@H](CO)c3ccccc3)C(C(=O)N(CC=C)c3ccc(Cl)cc3)C23CC(Br)[C@@H]1S3. The standard InChI is InChI=1S/C31H32BrClN2O5S/c1-3-5-16-40-30(39)24-25-28(37)35(23(18-36)19-9-7-6-8-10-19)27(31(25)17-22(32)26(24)41-31)29(38)34(15-4-2)21-13-11-20(33)12-14-21/h3-4,6-14,22-27,36H,1-2,5,15-18H2/t22?,23-,24+,25+,26+,27?,31?/m1/s1. The molecule has 1 N–H and O–H groups in total. The molecule has 3 unspecified atom stereocenters. The maximum Gasteiger partial charge on any atom is 0.310 e. The largest absolute Gasteiger partial charge is 0.465 e. The number of thioether (sulfide) groups is 1. The number of amides is 2. The fraction of sp³-hybridized carbons (Fsp3) is 0.387. The molecule has 41 heavy (non-hydrogen) atoms. The number of aliphatic hydroxyl groups excluding tert-OH is 1. The van der Waals surface area contributed by atoms with Crippen molar-refractivity contribution in [2.45, 2.75) is 39.7 Å². The Balaban J connectivity index is 1.63. The molecule has 2 aromatic rings. The van der Waals surface area contributed by atoms with Crippen LogP contribution in [0.5, 0.6) is 0 Å². The van der Waals surface area contributed by atoms with Crippen molar-refractivity contribution in [3.05, 3.63) is 90.5 Å². The maximum absolute atomic E-state index is 14.8. The molecule has 3 saturated heterocycles. The summed E-state index contributed by atoms with van der Waals surface area (Å²) in [6, 6.07) is 14.4. The molecule has 3 aliphatic heterocycles. The summed E-state index contributed by atoms with van der Waals surface area (Å²) in [4.78, 5) is 45.8. The number of benzene rings is 2. The summed E-state index contributed by atoms with van der Waals surface area (Å²) in [5.41, 5.74) is 1.32. The molecule has 5 rings (SSSR count). The first-order valence-corrected chi connectivity index (χ1v) is 15.7. The first kappa shape index (κ1) is 29.9. The van der Waals surface area contributed by atoms with E-state index in [-0.39, 0.29) is 41.6 Å². The Labute approximate surface area is 257 Å². The van der Waals surface area contributed by atoms with Gasteiger partial charge in [-0.05, 0) is 42.7 Å². The number of likely N-dealkylation sites (tertiary alicyclic amines) is 1. The lowest BCUT2D eigenvalue weighted by Crippen LogP contribution is -2.56. The van der Waals surface area contributed by atoms with Crippen LogP contribution in [0.15, 0.2) is 79.9 Å². The topological polar surface area (TPSA) is 87.1 Å². The molecule has 2 amide bonds. The molecule has 7 nitrogen and oxygen atoms in total. The van der Waals surface area contributed by atoms with E-state index >= 15 is 0 Å². The molecule has 2 aromatic carbocycles. The van der Waals surface area contributed by atoms with Gasteiger partial charge in [-0.3, -0.25) is 14.4 Å². The second-order valence-electron chi connectivity index (χ2n) is 10.5. The normalized spacial score (nSPS) is 28.7. The highest BCUT2D eigenvalue weighted by Crippen LogP contribution is 2.68. The van der Waals surface area contributed by atoms with E-state index < -0.39 is 34.6 Å². The van der Waals surface area contributed by atoms with E-state index in [1.54, 1.807) is 41.3 Å². The van der Waals surface area contributed by atoms with Gasteiger partial charge in [0.2, 0.25) is 5.91 Å². The molecule has 1 spiro atoms. The molecule has 2 bridgehead atoms. The molecule has 7 atom stereocenters. The zero-order chi connectivity index (χ0) is 29.3. The van der Waals surface area contributed by atoms with Gasteiger partial charge in [-0.25, -0.2) is 0 Å². The molecule has 3 heterocycles. The van der Waals surface area contributed by atoms with Crippen LogP contribution in [-0.2, 0) is 19.1 Å². The molecular formula is C31H32BrClN2O5S. The van der Waals surface area contributed by atoms with E-state index in [9.17, 15) is 19.5 Å². The third-order valence-electron chi connectivity index (χ3n) is 8.21. The first-order chi connectivity index (χ1) is 19.8. The lowest BCUT2D eigenvalue weighted by atomic mass is 9.71. The number of ether oxygens (including phenoxy) is 1. The van der Waals surface area contributed by atoms with Crippen molar-refractivity contribution in [2.75, 3.05) is 24.7 Å². The summed E-state index contributed by atoms with van der Waals surface area (Å²) in [6.45, 7) is 7.54. The number of hydrogen-bond acceptors (Lipinski definition) is 6. The van der Waals surface area contributed by atoms with E-state index in [2.05, 4.69) is 29.1 Å². The van der Waals surface area contributed by atoms with Crippen LogP contribution in [0.1, 0.15) is 24.4 Å². The minimum atomic E-state index is -0.950. The summed E-state index contributed by atoms with van der Waals surface area (Å²) in [6.07, 6.45) is 4.32. The minimum Gasteiger partial charge on any atom is -0.465 e. The van der Waals surface area contributed by atoms with Crippen LogP contribution in [0, 0.1) is 11.8 Å². The van der Waals surface area contributed by atoms with Gasteiger partial charge in [-0.15, -0.1) is 24.9 Å². The third-order valence-corrected chi connectivity index (χ3v) is 11.7. The number of alkyl halides is 1. The van der Waals surface area contributed by atoms with Crippen molar-refractivity contribution >= 4 is 62.8 Å². The molecule has 3 fully saturated rings. The molecule has 216 valence electrons. The average molecular weight is 660 g/mol. The van der Waals surface area contributed by atoms with Gasteiger partial charge in [0, 0.05) is 27.3 Å². The van der Waals surface area contributed by atoms with Crippen LogP contribution in [0.3, 0.4) is 0 Å². The number of esters is 1. The predicted molar refractivity (Wildman–Crippen MR) is 165 cm³/mol. The Morgan fingerprint density at radius 1 is 1.20 bits per heavy atom. The van der Waals surface area contributed by atoms with Crippen molar-refractivity contribution in [1.82, 2.24) is 4.90 Å². The second kappa shape index (κ2) is 12.3. The molecule has 0 saturated carbocycles. The summed E-state index contributed by atoms with van der Waals surface area (Å²) >= 11 is 11.4. The summed E-state index contributed by atoms with van der Waals surface area (Å²) in [5.74, 6) is -2.56. The number of rotatable bonds is 11. The van der Waals surface area contributed by atoms with E-state index in [1.165, 1.54) is 16.7 Å². The average Bonchev–Trinajstić information content (AvgIpc) is 3.57. The van der Waals surface area contributed by atoms with Crippen molar-refractivity contribution in [3.8, 4) is 0 Å². The van der Waals surface area contributed by atoms with Gasteiger partial charge in [-0.2, -0.15) is 0 Å². The molecule has 0 aliphatic carbocycles. The van der Waals surface area contributed by atoms with Gasteiger partial charge in [0.05, 0.1) is 35.8 Å². The number of anilines is 1. The number of fused-ring (bicyclic) bond motifs is 1. The number of aliphatic hydroxyl groups is 1. The van der Waals surface area contributed by atoms with E-state index in [0.29, 0.717) is 29.1 Å². The predicted octanol–water partition coefficient (Wildman–Crippen LogP) is 5.18. The monoisotopic (exact) mass is 658 g/mol. The fourth-order valence-corrected chi connectivity index (χ4v) is 10.2. The smallest absolute Gasteiger partial charge is 0.310 e. The van der Waals surface area contributed by atoms with E-state index in [4.69, 9.17) is 16.3 Å². The van der Waals surface area contributed by atoms with Gasteiger partial charge >= 0.3 is 5.97 Å². The van der Waals surface area contributed by atoms with Crippen LogP contribution in [0.4, 0.5) is 5.69 Å². The Morgan fingerprint density at radius 2 is 1.90 bits per heavy atom. The Morgan fingerprint density at radius 3 is 2.54 bits per heavy atom. The van der Waals surface area contributed by atoms with Crippen LogP contribution < -0.4 is 4.90 Å².